The number of hydrogen-bond acceptors (Lipinski definition) is 2. The monoisotopic (exact) mass is 147 g/mol. The smallest absolute Gasteiger partial charge is 0.217 e. The summed E-state index contributed by atoms with van der Waals surface area (Å²) in [6, 6.07) is 1.06. The minimum Gasteiger partial charge on any atom is -0.427 e. The highest BCUT2D eigenvalue weighted by atomic mass is 28.2. The largest absolute Gasteiger partial charge is 0.427 e. The van der Waals surface area contributed by atoms with Gasteiger partial charge in [0.1, 0.15) is 0 Å². The molecule has 0 fully saturated rings. The first kappa shape index (κ1) is 8.65. The lowest BCUT2D eigenvalue weighted by Gasteiger charge is -1.94. The average molecular weight is 147 g/mol. The summed E-state index contributed by atoms with van der Waals surface area (Å²) >= 11 is 0. The van der Waals surface area contributed by atoms with Gasteiger partial charge in [0.05, 0.1) is 0 Å². The molecule has 0 radical (unpaired) electrons. The minimum atomic E-state index is -0.329. The highest BCUT2D eigenvalue weighted by Crippen LogP contribution is 1.92. The first-order chi connectivity index (χ1) is 4.27. The maximum absolute atomic E-state index is 10.2. The van der Waals surface area contributed by atoms with Crippen molar-refractivity contribution >= 4 is 15.7 Å². The molecule has 0 aromatic heterocycles. The molecule has 0 rings (SSSR count). The molecule has 1 amide bonds. The van der Waals surface area contributed by atoms with Crippen LogP contribution in [0.4, 0.5) is 0 Å². The van der Waals surface area contributed by atoms with E-state index in [-0.39, 0.29) is 15.7 Å². The van der Waals surface area contributed by atoms with E-state index in [1.165, 1.54) is 0 Å². The molecule has 3 nitrogen and oxygen atoms in total. The van der Waals surface area contributed by atoms with Gasteiger partial charge >= 0.3 is 0 Å². The van der Waals surface area contributed by atoms with E-state index in [2.05, 4.69) is 0 Å². The van der Waals surface area contributed by atoms with Crippen molar-refractivity contribution in [2.24, 2.45) is 5.73 Å². The quantitative estimate of drug-likeness (QED) is 0.417. The molecular weight excluding hydrogens is 134 g/mol. The summed E-state index contributed by atoms with van der Waals surface area (Å²) in [4.78, 5) is 10.2. The Bertz CT molecular complexity index is 87.0. The van der Waals surface area contributed by atoms with E-state index in [9.17, 15) is 4.79 Å². The molecule has 0 aliphatic carbocycles. The van der Waals surface area contributed by atoms with Crippen LogP contribution in [-0.2, 0) is 9.22 Å². The Kier molecular flexibility index (Phi) is 5.55. The molecule has 4 heteroatoms. The number of primary amides is 1. The number of nitrogens with two attached hydrogens (primary N) is 1. The fourth-order valence-corrected chi connectivity index (χ4v) is 1.29. The zero-order chi connectivity index (χ0) is 7.11. The van der Waals surface area contributed by atoms with E-state index in [4.69, 9.17) is 10.2 Å². The maximum Gasteiger partial charge on any atom is 0.217 e. The van der Waals surface area contributed by atoms with Gasteiger partial charge in [-0.1, -0.05) is 0 Å². The van der Waals surface area contributed by atoms with Gasteiger partial charge < -0.3 is 10.2 Å². The number of carbonyl (C=O) groups is 1. The van der Waals surface area contributed by atoms with E-state index in [0.29, 0.717) is 6.42 Å². The standard InChI is InChI=1S/C5H13NO2Si/c1-8-9-4-2-3-5(6)7/h2-4,9H2,1H3,(H2,6,7). The molecule has 0 spiro atoms. The number of rotatable bonds is 5. The Labute approximate surface area is 57.5 Å². The summed E-state index contributed by atoms with van der Waals surface area (Å²) in [6.45, 7) is 0. The summed E-state index contributed by atoms with van der Waals surface area (Å²) in [5.41, 5.74) is 4.91. The third-order valence-corrected chi connectivity index (χ3v) is 2.22. The van der Waals surface area contributed by atoms with Crippen molar-refractivity contribution in [1.29, 1.82) is 0 Å². The van der Waals surface area contributed by atoms with Crippen molar-refractivity contribution in [3.63, 3.8) is 0 Å². The number of carbonyl (C=O) groups excluding carboxylic acids is 1. The van der Waals surface area contributed by atoms with Crippen LogP contribution >= 0.6 is 0 Å². The van der Waals surface area contributed by atoms with Crippen LogP contribution < -0.4 is 5.73 Å². The highest BCUT2D eigenvalue weighted by Gasteiger charge is 1.92. The van der Waals surface area contributed by atoms with Gasteiger partial charge in [-0.25, -0.2) is 0 Å². The lowest BCUT2D eigenvalue weighted by molar-refractivity contribution is -0.118. The second kappa shape index (κ2) is 5.78. The van der Waals surface area contributed by atoms with Crippen LogP contribution in [0.5, 0.6) is 0 Å². The second-order valence-electron chi connectivity index (χ2n) is 1.92. The maximum atomic E-state index is 10.2. The minimum absolute atomic E-state index is 0.208. The molecule has 0 aromatic rings. The van der Waals surface area contributed by atoms with Crippen molar-refractivity contribution in [2.45, 2.75) is 18.9 Å². The molecule has 0 saturated carbocycles. The van der Waals surface area contributed by atoms with Crippen molar-refractivity contribution in [1.82, 2.24) is 0 Å². The van der Waals surface area contributed by atoms with E-state index in [1.807, 2.05) is 0 Å². The van der Waals surface area contributed by atoms with Crippen molar-refractivity contribution in [3.8, 4) is 0 Å². The van der Waals surface area contributed by atoms with Gasteiger partial charge in [0, 0.05) is 13.5 Å². The van der Waals surface area contributed by atoms with Gasteiger partial charge in [0.25, 0.3) is 0 Å². The van der Waals surface area contributed by atoms with Crippen LogP contribution in [0.3, 0.4) is 0 Å². The molecule has 2 N–H and O–H groups in total. The number of hydrogen-bond donors (Lipinski definition) is 1. The summed E-state index contributed by atoms with van der Waals surface area (Å²) in [7, 11) is 1.38. The molecule has 0 bridgehead atoms. The molecule has 0 heterocycles. The molecule has 0 aromatic carbocycles. The predicted octanol–water partition coefficient (Wildman–Crippen LogP) is -0.600. The third-order valence-electron chi connectivity index (χ3n) is 1.02. The van der Waals surface area contributed by atoms with Gasteiger partial charge in [0.15, 0.2) is 9.76 Å². The van der Waals surface area contributed by atoms with Crippen LogP contribution in [0, 0.1) is 0 Å². The van der Waals surface area contributed by atoms with Gasteiger partial charge in [0.2, 0.25) is 5.91 Å². The lowest BCUT2D eigenvalue weighted by atomic mass is 10.3. The van der Waals surface area contributed by atoms with Crippen LogP contribution in [0.1, 0.15) is 12.8 Å². The zero-order valence-electron chi connectivity index (χ0n) is 5.72. The van der Waals surface area contributed by atoms with Gasteiger partial charge in [-0.15, -0.1) is 0 Å². The zero-order valence-corrected chi connectivity index (χ0v) is 7.14. The summed E-state index contributed by atoms with van der Waals surface area (Å²) in [5, 5.41) is 0. The fraction of sp³-hybridized carbons (Fsp3) is 0.800. The van der Waals surface area contributed by atoms with Crippen LogP contribution in [0.25, 0.3) is 0 Å². The topological polar surface area (TPSA) is 52.3 Å². The first-order valence-electron chi connectivity index (χ1n) is 3.04. The first-order valence-corrected chi connectivity index (χ1v) is 4.62. The number of amides is 1. The molecule has 9 heavy (non-hydrogen) atoms. The Morgan fingerprint density at radius 2 is 2.44 bits per heavy atom. The summed E-state index contributed by atoms with van der Waals surface area (Å²) < 4.78 is 4.91. The van der Waals surface area contributed by atoms with E-state index in [0.717, 1.165) is 12.5 Å². The Hall–Kier alpha value is -0.353. The highest BCUT2D eigenvalue weighted by molar-refractivity contribution is 6.26. The van der Waals surface area contributed by atoms with Crippen LogP contribution in [0.15, 0.2) is 0 Å². The van der Waals surface area contributed by atoms with Crippen molar-refractivity contribution < 1.29 is 9.22 Å². The molecule has 0 aliphatic rings. The Morgan fingerprint density at radius 3 is 2.89 bits per heavy atom. The molecular formula is C5H13NO2Si. The average Bonchev–Trinajstić information content (AvgIpc) is 1.80. The second-order valence-corrected chi connectivity index (χ2v) is 3.61. The molecule has 0 aliphatic heterocycles. The van der Waals surface area contributed by atoms with Gasteiger partial charge in [-0.05, 0) is 12.5 Å². The molecule has 0 saturated heterocycles. The summed E-state index contributed by atoms with van der Waals surface area (Å²) in [5.74, 6) is -0.208. The molecule has 54 valence electrons. The van der Waals surface area contributed by atoms with Crippen LogP contribution in [-0.4, -0.2) is 22.8 Å². The summed E-state index contributed by atoms with van der Waals surface area (Å²) in [6.07, 6.45) is 1.41. The SMILES string of the molecule is CO[SiH2]CCCC(N)=O. The molecule has 0 unspecified atom stereocenters. The Morgan fingerprint density at radius 1 is 1.78 bits per heavy atom. The molecule has 0 atom stereocenters. The lowest BCUT2D eigenvalue weighted by Crippen LogP contribution is -2.10. The van der Waals surface area contributed by atoms with Crippen LogP contribution in [0.2, 0.25) is 6.04 Å². The van der Waals surface area contributed by atoms with Gasteiger partial charge in [-0.3, -0.25) is 4.79 Å². The Balaban J connectivity index is 2.83. The normalized spacial score (nSPS) is 10.8. The third kappa shape index (κ3) is 7.65. The fourth-order valence-electron chi connectivity index (χ4n) is 0.546. The van der Waals surface area contributed by atoms with Crippen molar-refractivity contribution in [3.05, 3.63) is 0 Å². The van der Waals surface area contributed by atoms with Gasteiger partial charge in [-0.2, -0.15) is 0 Å². The van der Waals surface area contributed by atoms with E-state index < -0.39 is 0 Å². The van der Waals surface area contributed by atoms with Crippen molar-refractivity contribution in [2.75, 3.05) is 7.11 Å². The van der Waals surface area contributed by atoms with E-state index in [1.54, 1.807) is 7.11 Å². The van der Waals surface area contributed by atoms with E-state index >= 15 is 0 Å². The predicted molar refractivity (Wildman–Crippen MR) is 38.8 cm³/mol.